The van der Waals surface area contributed by atoms with E-state index in [1.54, 1.807) is 18.0 Å². The van der Waals surface area contributed by atoms with Crippen LogP contribution in [-0.4, -0.2) is 64.0 Å². The highest BCUT2D eigenvalue weighted by molar-refractivity contribution is 5.92. The molecule has 0 atom stereocenters. The Hall–Kier alpha value is -4.44. The highest BCUT2D eigenvalue weighted by Crippen LogP contribution is 2.49. The number of carbonyl (C=O) groups excluding carboxylic acids is 3. The zero-order chi connectivity index (χ0) is 35.4. The van der Waals surface area contributed by atoms with E-state index in [0.717, 1.165) is 53.5 Å². The average Bonchev–Trinajstić information content (AvgIpc) is 3.04. The molecule has 1 aromatic heterocycles. The smallest absolute Gasteiger partial charge is 0.409 e. The fraction of sp³-hybridized carbons (Fsp3) is 0.487. The molecular weight excluding hydrogens is 620 g/mol. The third-order valence-corrected chi connectivity index (χ3v) is 9.59. The Morgan fingerprint density at radius 3 is 2.16 bits per heavy atom. The fourth-order valence-corrected chi connectivity index (χ4v) is 7.46. The number of benzene rings is 2. The molecule has 2 fully saturated rings. The molecule has 3 amide bonds. The maximum atomic E-state index is 13.2. The predicted molar refractivity (Wildman–Crippen MR) is 190 cm³/mol. The molecule has 0 spiro atoms. The molecule has 3 N–H and O–H groups in total. The van der Waals surface area contributed by atoms with Crippen LogP contribution in [-0.2, 0) is 19.8 Å². The summed E-state index contributed by atoms with van der Waals surface area (Å²) in [6.45, 7) is 9.79. The van der Waals surface area contributed by atoms with E-state index in [0.29, 0.717) is 31.6 Å². The molecule has 1 heterocycles. The molecule has 2 aromatic carbocycles. The van der Waals surface area contributed by atoms with Crippen molar-refractivity contribution in [2.75, 3.05) is 19.0 Å². The van der Waals surface area contributed by atoms with Gasteiger partial charge in [-0.15, -0.1) is 0 Å². The summed E-state index contributed by atoms with van der Waals surface area (Å²) in [4.78, 5) is 44.5. The second-order valence-electron chi connectivity index (χ2n) is 14.8. The third-order valence-electron chi connectivity index (χ3n) is 9.59. The van der Waals surface area contributed by atoms with Crippen LogP contribution >= 0.6 is 0 Å². The number of aromatic nitrogens is 1. The van der Waals surface area contributed by atoms with Gasteiger partial charge >= 0.3 is 12.2 Å². The number of carbonyl (C=O) groups is 3. The number of rotatable bonds is 9. The molecule has 5 rings (SSSR count). The highest BCUT2D eigenvalue weighted by atomic mass is 16.6. The second kappa shape index (κ2) is 14.6. The third kappa shape index (κ3) is 8.78. The predicted octanol–water partition coefficient (Wildman–Crippen LogP) is 7.66. The van der Waals surface area contributed by atoms with Crippen molar-refractivity contribution < 1.29 is 29.0 Å². The molecule has 0 bridgehead atoms. The number of anilines is 1. The maximum absolute atomic E-state index is 13.2. The minimum absolute atomic E-state index is 0.0773. The summed E-state index contributed by atoms with van der Waals surface area (Å²) >= 11 is 0. The van der Waals surface area contributed by atoms with E-state index in [9.17, 15) is 19.5 Å². The first kappa shape index (κ1) is 35.9. The number of aliphatic hydroxyl groups is 1. The summed E-state index contributed by atoms with van der Waals surface area (Å²) in [6.07, 6.45) is 5.55. The number of hydrogen-bond donors (Lipinski definition) is 3. The summed E-state index contributed by atoms with van der Waals surface area (Å²) in [6, 6.07) is 20.0. The summed E-state index contributed by atoms with van der Waals surface area (Å²) in [7, 11) is 1.41. The van der Waals surface area contributed by atoms with E-state index in [4.69, 9.17) is 9.47 Å². The molecule has 3 aromatic rings. The normalized spacial score (nSPS) is 23.5. The number of ether oxygens (including phenoxy) is 2. The molecule has 0 saturated heterocycles. The van der Waals surface area contributed by atoms with Gasteiger partial charge in [-0.25, -0.2) is 14.6 Å². The second-order valence-corrected chi connectivity index (χ2v) is 14.8. The summed E-state index contributed by atoms with van der Waals surface area (Å²) in [5, 5.41) is 16.7. The molecule has 10 heteroatoms. The Labute approximate surface area is 289 Å². The highest BCUT2D eigenvalue weighted by Gasteiger charge is 2.53. The number of methoxy groups -OCH3 is 1. The summed E-state index contributed by atoms with van der Waals surface area (Å²) < 4.78 is 10.5. The number of hydrogen-bond acceptors (Lipinski definition) is 7. The molecular formula is C39H50N4O6. The van der Waals surface area contributed by atoms with Gasteiger partial charge in [-0.3, -0.25) is 4.79 Å². The topological polar surface area (TPSA) is 130 Å². The van der Waals surface area contributed by atoms with Gasteiger partial charge < -0.3 is 30.1 Å². The van der Waals surface area contributed by atoms with Gasteiger partial charge in [0.15, 0.2) is 0 Å². The number of nitrogens with zero attached hydrogens (tertiary/aromatic N) is 2. The molecule has 0 unspecified atom stereocenters. The van der Waals surface area contributed by atoms with Gasteiger partial charge in [0.2, 0.25) is 5.91 Å². The van der Waals surface area contributed by atoms with Gasteiger partial charge in [0, 0.05) is 43.6 Å². The Kier molecular flexibility index (Phi) is 10.7. The van der Waals surface area contributed by atoms with Crippen molar-refractivity contribution >= 4 is 23.9 Å². The number of alkyl carbamates (subject to hydrolysis) is 1. The molecule has 49 heavy (non-hydrogen) atoms. The summed E-state index contributed by atoms with van der Waals surface area (Å²) in [5.41, 5.74) is 2.35. The van der Waals surface area contributed by atoms with Gasteiger partial charge in [0.05, 0.1) is 18.2 Å². The molecule has 262 valence electrons. The van der Waals surface area contributed by atoms with E-state index >= 15 is 0 Å². The van der Waals surface area contributed by atoms with Crippen LogP contribution in [0.15, 0.2) is 66.9 Å². The lowest BCUT2D eigenvalue weighted by atomic mass is 9.62. The van der Waals surface area contributed by atoms with E-state index in [-0.39, 0.29) is 24.0 Å². The van der Waals surface area contributed by atoms with Crippen LogP contribution in [0.4, 0.5) is 15.4 Å². The van der Waals surface area contributed by atoms with Gasteiger partial charge in [-0.05, 0) is 94.5 Å². The van der Waals surface area contributed by atoms with Crippen LogP contribution in [0.1, 0.15) is 85.1 Å². The Bertz CT molecular complexity index is 1620. The first-order chi connectivity index (χ1) is 23.2. The van der Waals surface area contributed by atoms with Crippen LogP contribution in [0.5, 0.6) is 0 Å². The first-order valence-electron chi connectivity index (χ1n) is 17.3. The maximum Gasteiger partial charge on any atom is 0.409 e. The van der Waals surface area contributed by atoms with Gasteiger partial charge in [0.25, 0.3) is 0 Å². The quantitative estimate of drug-likeness (QED) is 0.213. The Morgan fingerprint density at radius 2 is 1.59 bits per heavy atom. The van der Waals surface area contributed by atoms with Crippen LogP contribution in [0.25, 0.3) is 22.3 Å². The van der Waals surface area contributed by atoms with Gasteiger partial charge in [0.1, 0.15) is 11.4 Å². The molecule has 0 aliphatic heterocycles. The summed E-state index contributed by atoms with van der Waals surface area (Å²) in [5.74, 6) is 0.649. The zero-order valence-electron chi connectivity index (χ0n) is 29.5. The van der Waals surface area contributed by atoms with Crippen LogP contribution in [0.2, 0.25) is 0 Å². The lowest BCUT2D eigenvalue weighted by Crippen LogP contribution is -2.62. The van der Waals surface area contributed by atoms with Crippen LogP contribution < -0.4 is 10.6 Å². The molecule has 2 aliphatic rings. The SMILES string of the molecule is CCN(C(=O)OC)C1CCC(CC(=O)Nc2cc(-c3ccccc3)c(-c3ccc(C4(NC(=O)OC(C)(C)C)CC(C)(O)C4)cc3)cn2)CC1. The zero-order valence-corrected chi connectivity index (χ0v) is 29.5. The van der Waals surface area contributed by atoms with Crippen molar-refractivity contribution in [3.8, 4) is 22.3 Å². The molecule has 2 aliphatic carbocycles. The lowest BCUT2D eigenvalue weighted by Gasteiger charge is -2.52. The van der Waals surface area contributed by atoms with Crippen molar-refractivity contribution in [2.45, 2.75) is 102 Å². The minimum atomic E-state index is -0.890. The van der Waals surface area contributed by atoms with Crippen molar-refractivity contribution in [3.05, 3.63) is 72.4 Å². The van der Waals surface area contributed by atoms with Crippen molar-refractivity contribution in [2.24, 2.45) is 5.92 Å². The molecule has 2 saturated carbocycles. The van der Waals surface area contributed by atoms with Gasteiger partial charge in [-0.1, -0.05) is 54.6 Å². The Balaban J connectivity index is 1.31. The van der Waals surface area contributed by atoms with Crippen molar-refractivity contribution in [1.29, 1.82) is 0 Å². The Morgan fingerprint density at radius 1 is 0.959 bits per heavy atom. The van der Waals surface area contributed by atoms with E-state index in [1.807, 2.05) is 88.4 Å². The largest absolute Gasteiger partial charge is 0.453 e. The number of pyridine rings is 1. The van der Waals surface area contributed by atoms with E-state index in [1.165, 1.54) is 7.11 Å². The van der Waals surface area contributed by atoms with E-state index in [2.05, 4.69) is 15.6 Å². The average molecular weight is 671 g/mol. The lowest BCUT2D eigenvalue weighted by molar-refractivity contribution is -0.117. The minimum Gasteiger partial charge on any atom is -0.453 e. The van der Waals surface area contributed by atoms with E-state index < -0.39 is 22.8 Å². The van der Waals surface area contributed by atoms with Crippen molar-refractivity contribution in [1.82, 2.24) is 15.2 Å². The van der Waals surface area contributed by atoms with Crippen LogP contribution in [0, 0.1) is 5.92 Å². The molecule has 10 nitrogen and oxygen atoms in total. The fourth-order valence-electron chi connectivity index (χ4n) is 7.46. The first-order valence-corrected chi connectivity index (χ1v) is 17.3. The molecule has 0 radical (unpaired) electrons. The van der Waals surface area contributed by atoms with Crippen LogP contribution in [0.3, 0.4) is 0 Å². The number of nitrogens with one attached hydrogen (secondary N) is 2. The number of amides is 3. The van der Waals surface area contributed by atoms with Crippen molar-refractivity contribution in [3.63, 3.8) is 0 Å². The monoisotopic (exact) mass is 670 g/mol. The van der Waals surface area contributed by atoms with Gasteiger partial charge in [-0.2, -0.15) is 0 Å². The standard InChI is InChI=1S/C39H50N4O6/c1-7-43(36(46)48-6)30-19-13-26(14-20-30)21-34(44)41-33-22-31(27-11-9-8-10-12-27)32(23-40-33)28-15-17-29(18-16-28)39(24-38(5,47)25-39)42-35(45)49-37(2,3)4/h8-12,15-18,22-23,26,30,47H,7,13-14,19-21,24-25H2,1-6H3,(H,42,45)(H,40,41,44).